The summed E-state index contributed by atoms with van der Waals surface area (Å²) in [6.45, 7) is 7.31. The van der Waals surface area contributed by atoms with E-state index < -0.39 is 0 Å². The molecule has 0 radical (unpaired) electrons. The second-order valence-corrected chi connectivity index (χ2v) is 8.08. The summed E-state index contributed by atoms with van der Waals surface area (Å²) >= 11 is 9.47. The molecule has 144 valence electrons. The Balaban J connectivity index is 1.81. The van der Waals surface area contributed by atoms with Crippen molar-refractivity contribution in [2.24, 2.45) is 5.92 Å². The predicted octanol–water partition coefficient (Wildman–Crippen LogP) is 3.84. The summed E-state index contributed by atoms with van der Waals surface area (Å²) in [5, 5.41) is 3.32. The van der Waals surface area contributed by atoms with E-state index in [9.17, 15) is 9.59 Å². The van der Waals surface area contributed by atoms with Crippen LogP contribution in [0.1, 0.15) is 20.3 Å². The third kappa shape index (κ3) is 6.78. The normalized spacial score (nSPS) is 15.7. The van der Waals surface area contributed by atoms with Crippen molar-refractivity contribution in [3.8, 4) is 0 Å². The molecule has 0 unspecified atom stereocenters. The van der Waals surface area contributed by atoms with E-state index in [-0.39, 0.29) is 18.5 Å². The van der Waals surface area contributed by atoms with E-state index in [4.69, 9.17) is 16.3 Å². The van der Waals surface area contributed by atoms with Gasteiger partial charge in [0, 0.05) is 30.7 Å². The minimum Gasteiger partial charge on any atom is -0.449 e. The van der Waals surface area contributed by atoms with Crippen molar-refractivity contribution in [2.75, 3.05) is 44.6 Å². The quantitative estimate of drug-likeness (QED) is 0.746. The first-order valence-electron chi connectivity index (χ1n) is 8.74. The molecule has 2 rings (SSSR count). The fourth-order valence-electron chi connectivity index (χ4n) is 2.62. The smallest absolute Gasteiger partial charge is 0.409 e. The Morgan fingerprint density at radius 2 is 2.04 bits per heavy atom. The van der Waals surface area contributed by atoms with Gasteiger partial charge in [0.1, 0.15) is 0 Å². The maximum Gasteiger partial charge on any atom is 0.409 e. The van der Waals surface area contributed by atoms with Gasteiger partial charge in [-0.1, -0.05) is 41.4 Å². The summed E-state index contributed by atoms with van der Waals surface area (Å²) in [6.07, 6.45) is 0.537. The number of carbonyl (C=O) groups excluding carboxylic acids is 2. The average molecular weight is 447 g/mol. The van der Waals surface area contributed by atoms with Gasteiger partial charge in [-0.25, -0.2) is 4.79 Å². The molecule has 0 spiro atoms. The lowest BCUT2D eigenvalue weighted by atomic mass is 10.2. The Bertz CT molecular complexity index is 642. The van der Waals surface area contributed by atoms with Crippen LogP contribution in [0.3, 0.4) is 0 Å². The third-order valence-corrected chi connectivity index (χ3v) is 4.77. The lowest BCUT2D eigenvalue weighted by Crippen LogP contribution is -2.38. The molecule has 1 aromatic rings. The number of hydrogen-bond acceptors (Lipinski definition) is 4. The van der Waals surface area contributed by atoms with Gasteiger partial charge in [0.2, 0.25) is 5.91 Å². The standard InChI is InChI=1S/C18H25BrClN3O3/c1-13(2)12-26-18(25)23-7-3-6-22(8-9-23)11-17(24)21-16-5-4-14(19)10-15(16)20/h4-5,10,13H,3,6-9,11-12H2,1-2H3,(H,21,24). The van der Waals surface area contributed by atoms with Crippen molar-refractivity contribution in [3.05, 3.63) is 27.7 Å². The number of ether oxygens (including phenoxy) is 1. The first-order valence-corrected chi connectivity index (χ1v) is 9.91. The Labute approximate surface area is 167 Å². The van der Waals surface area contributed by atoms with Crippen LogP contribution < -0.4 is 5.32 Å². The van der Waals surface area contributed by atoms with Gasteiger partial charge in [-0.15, -0.1) is 0 Å². The molecule has 6 nitrogen and oxygen atoms in total. The lowest BCUT2D eigenvalue weighted by molar-refractivity contribution is -0.117. The number of carbonyl (C=O) groups is 2. The zero-order valence-electron chi connectivity index (χ0n) is 15.1. The van der Waals surface area contributed by atoms with Crippen LogP contribution >= 0.6 is 27.5 Å². The second-order valence-electron chi connectivity index (χ2n) is 6.76. The Hall–Kier alpha value is -1.31. The molecular formula is C18H25BrClN3O3. The van der Waals surface area contributed by atoms with Crippen LogP contribution in [-0.2, 0) is 9.53 Å². The van der Waals surface area contributed by atoms with E-state index in [1.807, 2.05) is 24.8 Å². The third-order valence-electron chi connectivity index (χ3n) is 3.96. The molecule has 0 atom stereocenters. The van der Waals surface area contributed by atoms with Crippen molar-refractivity contribution >= 4 is 45.2 Å². The summed E-state index contributed by atoms with van der Waals surface area (Å²) < 4.78 is 6.15. The Morgan fingerprint density at radius 3 is 2.73 bits per heavy atom. The number of hydrogen-bond donors (Lipinski definition) is 1. The van der Waals surface area contributed by atoms with Crippen LogP contribution in [0.4, 0.5) is 10.5 Å². The number of benzene rings is 1. The number of amides is 2. The minimum atomic E-state index is -0.272. The number of halogens is 2. The number of nitrogens with zero attached hydrogens (tertiary/aromatic N) is 2. The van der Waals surface area contributed by atoms with E-state index in [2.05, 4.69) is 21.2 Å². The molecule has 1 aliphatic heterocycles. The molecule has 1 N–H and O–H groups in total. The highest BCUT2D eigenvalue weighted by Gasteiger charge is 2.21. The van der Waals surface area contributed by atoms with Crippen molar-refractivity contribution in [2.45, 2.75) is 20.3 Å². The van der Waals surface area contributed by atoms with Crippen LogP contribution in [0.25, 0.3) is 0 Å². The van der Waals surface area contributed by atoms with Gasteiger partial charge in [-0.05, 0) is 30.5 Å². The Kier molecular flexibility index (Phi) is 8.18. The van der Waals surface area contributed by atoms with Crippen molar-refractivity contribution in [1.82, 2.24) is 9.80 Å². The highest BCUT2D eigenvalue weighted by molar-refractivity contribution is 9.10. The van der Waals surface area contributed by atoms with Crippen molar-refractivity contribution < 1.29 is 14.3 Å². The van der Waals surface area contributed by atoms with E-state index >= 15 is 0 Å². The molecular weight excluding hydrogens is 422 g/mol. The highest BCUT2D eigenvalue weighted by Crippen LogP contribution is 2.25. The molecule has 2 amide bonds. The van der Waals surface area contributed by atoms with Crippen LogP contribution in [0.5, 0.6) is 0 Å². The summed E-state index contributed by atoms with van der Waals surface area (Å²) in [5.41, 5.74) is 0.591. The van der Waals surface area contributed by atoms with Gasteiger partial charge < -0.3 is 15.0 Å². The largest absolute Gasteiger partial charge is 0.449 e. The zero-order valence-corrected chi connectivity index (χ0v) is 17.5. The fraction of sp³-hybridized carbons (Fsp3) is 0.556. The van der Waals surface area contributed by atoms with Crippen molar-refractivity contribution in [1.29, 1.82) is 0 Å². The number of rotatable bonds is 5. The van der Waals surface area contributed by atoms with Crippen LogP contribution in [0.2, 0.25) is 5.02 Å². The molecule has 1 fully saturated rings. The Morgan fingerprint density at radius 1 is 1.27 bits per heavy atom. The monoisotopic (exact) mass is 445 g/mol. The summed E-state index contributed by atoms with van der Waals surface area (Å²) in [5.74, 6) is 0.196. The molecule has 0 bridgehead atoms. The molecule has 0 aliphatic carbocycles. The van der Waals surface area contributed by atoms with Crippen LogP contribution in [-0.4, -0.2) is 61.1 Å². The summed E-state index contributed by atoms with van der Waals surface area (Å²) in [7, 11) is 0. The topological polar surface area (TPSA) is 61.9 Å². The second kappa shape index (κ2) is 10.1. The van der Waals surface area contributed by atoms with Gasteiger partial charge >= 0.3 is 6.09 Å². The molecule has 1 aromatic carbocycles. The number of anilines is 1. The maximum atomic E-state index is 12.3. The van der Waals surface area contributed by atoms with Gasteiger partial charge in [-0.3, -0.25) is 9.69 Å². The van der Waals surface area contributed by atoms with Gasteiger partial charge in [0.15, 0.2) is 0 Å². The van der Waals surface area contributed by atoms with Gasteiger partial charge in [0.05, 0.1) is 23.9 Å². The first kappa shape index (κ1) is 21.0. The van der Waals surface area contributed by atoms with Crippen LogP contribution in [0.15, 0.2) is 22.7 Å². The molecule has 26 heavy (non-hydrogen) atoms. The maximum absolute atomic E-state index is 12.3. The zero-order chi connectivity index (χ0) is 19.1. The van der Waals surface area contributed by atoms with E-state index in [1.165, 1.54) is 0 Å². The molecule has 8 heteroatoms. The average Bonchev–Trinajstić information content (AvgIpc) is 2.81. The lowest BCUT2D eigenvalue weighted by Gasteiger charge is -2.21. The summed E-state index contributed by atoms with van der Waals surface area (Å²) in [4.78, 5) is 28.1. The van der Waals surface area contributed by atoms with Gasteiger partial charge in [-0.2, -0.15) is 0 Å². The van der Waals surface area contributed by atoms with Crippen molar-refractivity contribution in [3.63, 3.8) is 0 Å². The van der Waals surface area contributed by atoms with E-state index in [1.54, 1.807) is 17.0 Å². The molecule has 0 saturated carbocycles. The highest BCUT2D eigenvalue weighted by atomic mass is 79.9. The summed E-state index contributed by atoms with van der Waals surface area (Å²) in [6, 6.07) is 5.33. The number of nitrogens with one attached hydrogen (secondary N) is 1. The minimum absolute atomic E-state index is 0.120. The molecule has 1 aliphatic rings. The van der Waals surface area contributed by atoms with Gasteiger partial charge in [0.25, 0.3) is 0 Å². The molecule has 1 heterocycles. The van der Waals surface area contributed by atoms with E-state index in [0.717, 1.165) is 17.4 Å². The van der Waals surface area contributed by atoms with E-state index in [0.29, 0.717) is 42.9 Å². The first-order chi connectivity index (χ1) is 12.3. The van der Waals surface area contributed by atoms with Crippen LogP contribution in [0, 0.1) is 5.92 Å². The predicted molar refractivity (Wildman–Crippen MR) is 107 cm³/mol. The SMILES string of the molecule is CC(C)COC(=O)N1CCCN(CC(=O)Nc2ccc(Br)cc2Cl)CC1. The molecule has 0 aromatic heterocycles. The molecule has 1 saturated heterocycles. The fourth-order valence-corrected chi connectivity index (χ4v) is 3.35.